The van der Waals surface area contributed by atoms with Crippen molar-refractivity contribution in [1.82, 2.24) is 0 Å². The van der Waals surface area contributed by atoms with E-state index in [1.807, 2.05) is 0 Å². The molecule has 0 aliphatic carbocycles. The van der Waals surface area contributed by atoms with Crippen LogP contribution in [0.25, 0.3) is 0 Å². The van der Waals surface area contributed by atoms with Crippen LogP contribution in [-0.2, 0) is 11.0 Å². The second-order valence-electron chi connectivity index (χ2n) is 3.35. The number of carbonyl (C=O) groups excluding carboxylic acids is 1. The maximum atomic E-state index is 12.7. The second-order valence-corrected chi connectivity index (χ2v) is 4.27. The van der Waals surface area contributed by atoms with Crippen LogP contribution in [0.15, 0.2) is 18.2 Å². The first-order valence-corrected chi connectivity index (χ1v) is 5.45. The van der Waals surface area contributed by atoms with Crippen LogP contribution in [0.5, 0.6) is 0 Å². The molecule has 90 valence electrons. The van der Waals surface area contributed by atoms with Gasteiger partial charge in [-0.15, -0.1) is 0 Å². The molecule has 1 unspecified atom stereocenters. The van der Waals surface area contributed by atoms with Gasteiger partial charge in [-0.2, -0.15) is 18.4 Å². The first-order chi connectivity index (χ1) is 7.79. The van der Waals surface area contributed by atoms with Gasteiger partial charge in [0, 0.05) is 5.56 Å². The van der Waals surface area contributed by atoms with Crippen molar-refractivity contribution in [3.05, 3.63) is 34.9 Å². The van der Waals surface area contributed by atoms with Crippen molar-refractivity contribution in [3.63, 3.8) is 0 Å². The quantitative estimate of drug-likeness (QED) is 0.783. The fraction of sp³-hybridized carbons (Fsp3) is 0.273. The van der Waals surface area contributed by atoms with Gasteiger partial charge in [0.05, 0.1) is 22.0 Å². The molecule has 2 nitrogen and oxygen atoms in total. The van der Waals surface area contributed by atoms with Gasteiger partial charge in [-0.05, 0) is 19.1 Å². The topological polar surface area (TPSA) is 40.9 Å². The molecule has 1 aromatic carbocycles. The number of nitriles is 1. The van der Waals surface area contributed by atoms with Gasteiger partial charge in [-0.25, -0.2) is 0 Å². The number of hydrogen-bond donors (Lipinski definition) is 0. The molecule has 0 bridgehead atoms. The summed E-state index contributed by atoms with van der Waals surface area (Å²) in [5.41, 5.74) is -1.44. The molecule has 0 fully saturated rings. The number of hydrogen-bond acceptors (Lipinski definition) is 2. The minimum absolute atomic E-state index is 0.156. The van der Waals surface area contributed by atoms with Gasteiger partial charge in [0.1, 0.15) is 5.78 Å². The molecule has 0 aliphatic rings. The Kier molecular flexibility index (Phi) is 3.94. The molecule has 0 saturated carbocycles. The lowest BCUT2D eigenvalue weighted by molar-refractivity contribution is -0.138. The summed E-state index contributed by atoms with van der Waals surface area (Å²) in [6, 6.07) is 4.91. The SMILES string of the molecule is CC(=O)C(Br)c1c(C#N)cccc1C(F)(F)F. The Morgan fingerprint density at radius 1 is 1.47 bits per heavy atom. The lowest BCUT2D eigenvalue weighted by Crippen LogP contribution is -2.14. The average Bonchev–Trinajstić information content (AvgIpc) is 2.25. The highest BCUT2D eigenvalue weighted by Gasteiger charge is 2.36. The van der Waals surface area contributed by atoms with Crippen molar-refractivity contribution in [1.29, 1.82) is 5.26 Å². The highest BCUT2D eigenvalue weighted by atomic mass is 79.9. The van der Waals surface area contributed by atoms with E-state index in [1.165, 1.54) is 6.07 Å². The number of carbonyl (C=O) groups is 1. The summed E-state index contributed by atoms with van der Waals surface area (Å²) in [6.45, 7) is 1.16. The van der Waals surface area contributed by atoms with Crippen LogP contribution >= 0.6 is 15.9 Å². The predicted molar refractivity (Wildman–Crippen MR) is 58.5 cm³/mol. The molecule has 6 heteroatoms. The van der Waals surface area contributed by atoms with E-state index in [-0.39, 0.29) is 11.1 Å². The van der Waals surface area contributed by atoms with Crippen molar-refractivity contribution in [2.75, 3.05) is 0 Å². The Labute approximate surface area is 104 Å². The fourth-order valence-corrected chi connectivity index (χ4v) is 1.88. The van der Waals surface area contributed by atoms with Gasteiger partial charge in [-0.1, -0.05) is 22.0 Å². The Morgan fingerprint density at radius 3 is 2.47 bits per heavy atom. The molecule has 0 aliphatic heterocycles. The molecular weight excluding hydrogens is 299 g/mol. The van der Waals surface area contributed by atoms with Gasteiger partial charge >= 0.3 is 6.18 Å². The molecule has 0 heterocycles. The largest absolute Gasteiger partial charge is 0.416 e. The monoisotopic (exact) mass is 305 g/mol. The molecule has 0 N–H and O–H groups in total. The third-order valence-electron chi connectivity index (χ3n) is 2.14. The van der Waals surface area contributed by atoms with E-state index >= 15 is 0 Å². The Bertz CT molecular complexity index is 490. The van der Waals surface area contributed by atoms with Crippen molar-refractivity contribution in [2.45, 2.75) is 17.9 Å². The fourth-order valence-electron chi connectivity index (χ4n) is 1.39. The van der Waals surface area contributed by atoms with E-state index in [9.17, 15) is 18.0 Å². The summed E-state index contributed by atoms with van der Waals surface area (Å²) < 4.78 is 38.2. The van der Waals surface area contributed by atoms with Gasteiger partial charge in [0.25, 0.3) is 0 Å². The smallest absolute Gasteiger partial charge is 0.298 e. The van der Waals surface area contributed by atoms with Gasteiger partial charge in [0.15, 0.2) is 0 Å². The normalized spacial score (nSPS) is 12.9. The predicted octanol–water partition coefficient (Wildman–Crippen LogP) is 3.60. The zero-order valence-electron chi connectivity index (χ0n) is 8.68. The summed E-state index contributed by atoms with van der Waals surface area (Å²) in [4.78, 5) is 10.0. The van der Waals surface area contributed by atoms with Crippen molar-refractivity contribution < 1.29 is 18.0 Å². The van der Waals surface area contributed by atoms with Crippen LogP contribution in [0.4, 0.5) is 13.2 Å². The molecule has 0 saturated heterocycles. The first kappa shape index (κ1) is 13.7. The lowest BCUT2D eigenvalue weighted by atomic mass is 9.97. The summed E-state index contributed by atoms with van der Waals surface area (Å²) in [5.74, 6) is -0.488. The standard InChI is InChI=1S/C11H7BrF3NO/c1-6(17)10(12)9-7(5-16)3-2-4-8(9)11(13,14)15/h2-4,10H,1H3. The molecule has 1 aromatic rings. The minimum Gasteiger partial charge on any atom is -0.298 e. The summed E-state index contributed by atoms with van der Waals surface area (Å²) in [5, 5.41) is 8.79. The van der Waals surface area contributed by atoms with Gasteiger partial charge in [0.2, 0.25) is 0 Å². The highest BCUT2D eigenvalue weighted by Crippen LogP contribution is 2.39. The minimum atomic E-state index is -4.59. The zero-order chi connectivity index (χ0) is 13.2. The second kappa shape index (κ2) is 4.88. The van der Waals surface area contributed by atoms with Crippen LogP contribution in [0.3, 0.4) is 0 Å². The molecular formula is C11H7BrF3NO. The van der Waals surface area contributed by atoms with Crippen LogP contribution in [0.1, 0.15) is 28.4 Å². The van der Waals surface area contributed by atoms with Crippen LogP contribution in [-0.4, -0.2) is 5.78 Å². The van der Waals surface area contributed by atoms with E-state index in [0.29, 0.717) is 0 Å². The zero-order valence-corrected chi connectivity index (χ0v) is 10.3. The Hall–Kier alpha value is -1.35. The number of ketones is 1. The van der Waals surface area contributed by atoms with E-state index in [4.69, 9.17) is 5.26 Å². The van der Waals surface area contributed by atoms with Crippen LogP contribution in [0, 0.1) is 11.3 Å². The molecule has 1 rings (SSSR count). The third-order valence-corrected chi connectivity index (χ3v) is 3.24. The maximum absolute atomic E-state index is 12.7. The molecule has 0 amide bonds. The van der Waals surface area contributed by atoms with Crippen LogP contribution in [0.2, 0.25) is 0 Å². The Balaban J connectivity index is 3.53. The third kappa shape index (κ3) is 2.86. The number of halogens is 4. The van der Waals surface area contributed by atoms with Crippen molar-refractivity contribution in [2.24, 2.45) is 0 Å². The average molecular weight is 306 g/mol. The first-order valence-electron chi connectivity index (χ1n) is 4.53. The van der Waals surface area contributed by atoms with E-state index in [1.54, 1.807) is 6.07 Å². The van der Waals surface area contributed by atoms with Crippen molar-refractivity contribution >= 4 is 21.7 Å². The van der Waals surface area contributed by atoms with Crippen LogP contribution < -0.4 is 0 Å². The Morgan fingerprint density at radius 2 is 2.06 bits per heavy atom. The van der Waals surface area contributed by atoms with Gasteiger partial charge in [-0.3, -0.25) is 4.79 Å². The molecule has 0 radical (unpaired) electrons. The molecule has 0 spiro atoms. The van der Waals surface area contributed by atoms with Gasteiger partial charge < -0.3 is 0 Å². The van der Waals surface area contributed by atoms with E-state index < -0.39 is 22.4 Å². The maximum Gasteiger partial charge on any atom is 0.416 e. The summed E-state index contributed by atoms with van der Waals surface area (Å²) >= 11 is 2.88. The molecule has 1 atom stereocenters. The highest BCUT2D eigenvalue weighted by molar-refractivity contribution is 9.09. The number of Topliss-reactive ketones (excluding diaryl/α,β-unsaturated/α-hetero) is 1. The number of nitrogens with zero attached hydrogens (tertiary/aromatic N) is 1. The number of benzene rings is 1. The number of rotatable bonds is 2. The summed E-state index contributed by atoms with van der Waals surface area (Å²) in [7, 11) is 0. The summed E-state index contributed by atoms with van der Waals surface area (Å²) in [6.07, 6.45) is -4.59. The van der Waals surface area contributed by atoms with Crippen molar-refractivity contribution in [3.8, 4) is 6.07 Å². The van der Waals surface area contributed by atoms with E-state index in [2.05, 4.69) is 15.9 Å². The number of alkyl halides is 4. The molecule has 0 aromatic heterocycles. The molecule has 17 heavy (non-hydrogen) atoms. The van der Waals surface area contributed by atoms with E-state index in [0.717, 1.165) is 19.1 Å². The lowest BCUT2D eigenvalue weighted by Gasteiger charge is -2.16.